The minimum absolute atomic E-state index is 0.307. The van der Waals surface area contributed by atoms with E-state index < -0.39 is 0 Å². The Morgan fingerprint density at radius 3 is 2.60 bits per heavy atom. The maximum absolute atomic E-state index is 11.6. The molecule has 2 aromatic rings. The molecule has 106 valence electrons. The van der Waals surface area contributed by atoms with Gasteiger partial charge in [0.2, 0.25) is 0 Å². The van der Waals surface area contributed by atoms with Gasteiger partial charge in [-0.15, -0.1) is 11.3 Å². The Kier molecular flexibility index (Phi) is 4.54. The number of hydrogen-bond acceptors (Lipinski definition) is 6. The number of amides is 1. The van der Waals surface area contributed by atoms with Crippen LogP contribution in [0.3, 0.4) is 0 Å². The molecule has 0 spiro atoms. The Morgan fingerprint density at radius 2 is 1.95 bits per heavy atom. The lowest BCUT2D eigenvalue weighted by molar-refractivity contribution is 0.0533. The van der Waals surface area contributed by atoms with Crippen molar-refractivity contribution in [2.45, 2.75) is 0 Å². The molecule has 1 amide bonds. The van der Waals surface area contributed by atoms with E-state index in [2.05, 4.69) is 15.3 Å². The second kappa shape index (κ2) is 6.36. The van der Waals surface area contributed by atoms with Crippen molar-refractivity contribution in [3.63, 3.8) is 0 Å². The Labute approximate surface area is 120 Å². The first-order chi connectivity index (χ1) is 9.69. The van der Waals surface area contributed by atoms with Gasteiger partial charge >= 0.3 is 0 Å². The highest BCUT2D eigenvalue weighted by Crippen LogP contribution is 2.33. The molecule has 0 radical (unpaired) electrons. The number of rotatable bonds is 5. The maximum atomic E-state index is 11.6. The van der Waals surface area contributed by atoms with Crippen LogP contribution in [0.2, 0.25) is 0 Å². The van der Waals surface area contributed by atoms with Crippen molar-refractivity contribution in [2.24, 2.45) is 0 Å². The smallest absolute Gasteiger partial charge is 0.294 e. The van der Waals surface area contributed by atoms with Gasteiger partial charge in [0.1, 0.15) is 10.7 Å². The van der Waals surface area contributed by atoms with Crippen LogP contribution in [0, 0.1) is 0 Å². The third kappa shape index (κ3) is 2.89. The van der Waals surface area contributed by atoms with E-state index in [1.165, 1.54) is 18.4 Å². The maximum Gasteiger partial charge on any atom is 0.294 e. The van der Waals surface area contributed by atoms with Gasteiger partial charge in [-0.05, 0) is 18.2 Å². The summed E-state index contributed by atoms with van der Waals surface area (Å²) in [5.41, 5.74) is 3.39. The SMILES string of the molecule is CONC(=O)c1csc(-c2ccc(OC)c(OC)c2)n1. The van der Waals surface area contributed by atoms with Crippen LogP contribution < -0.4 is 15.0 Å². The zero-order chi connectivity index (χ0) is 14.5. The van der Waals surface area contributed by atoms with Crippen molar-refractivity contribution in [3.05, 3.63) is 29.3 Å². The first-order valence-electron chi connectivity index (χ1n) is 5.70. The summed E-state index contributed by atoms with van der Waals surface area (Å²) >= 11 is 1.37. The first kappa shape index (κ1) is 14.3. The summed E-state index contributed by atoms with van der Waals surface area (Å²) in [7, 11) is 4.52. The summed E-state index contributed by atoms with van der Waals surface area (Å²) in [6.45, 7) is 0. The van der Waals surface area contributed by atoms with Crippen molar-refractivity contribution >= 4 is 17.2 Å². The lowest BCUT2D eigenvalue weighted by atomic mass is 10.2. The molecule has 1 heterocycles. The number of hydroxylamine groups is 1. The van der Waals surface area contributed by atoms with E-state index in [9.17, 15) is 4.79 Å². The summed E-state index contributed by atoms with van der Waals surface area (Å²) < 4.78 is 10.4. The van der Waals surface area contributed by atoms with Crippen LogP contribution in [0.15, 0.2) is 23.6 Å². The largest absolute Gasteiger partial charge is 0.493 e. The highest BCUT2D eigenvalue weighted by Gasteiger charge is 2.13. The fraction of sp³-hybridized carbons (Fsp3) is 0.231. The van der Waals surface area contributed by atoms with Gasteiger partial charge in [0.05, 0.1) is 21.3 Å². The van der Waals surface area contributed by atoms with Crippen LogP contribution in [0.25, 0.3) is 10.6 Å². The van der Waals surface area contributed by atoms with E-state index in [0.717, 1.165) is 5.56 Å². The van der Waals surface area contributed by atoms with Crippen LogP contribution in [0.5, 0.6) is 11.5 Å². The fourth-order valence-electron chi connectivity index (χ4n) is 1.62. The van der Waals surface area contributed by atoms with E-state index in [-0.39, 0.29) is 5.91 Å². The predicted molar refractivity (Wildman–Crippen MR) is 75.1 cm³/mol. The van der Waals surface area contributed by atoms with E-state index in [1.54, 1.807) is 25.7 Å². The van der Waals surface area contributed by atoms with Gasteiger partial charge in [0.15, 0.2) is 11.5 Å². The Bertz CT molecular complexity index is 612. The Hall–Kier alpha value is -2.12. The molecule has 1 aromatic carbocycles. The molecule has 0 saturated heterocycles. The minimum Gasteiger partial charge on any atom is -0.493 e. The number of ether oxygens (including phenoxy) is 2. The molecular weight excluding hydrogens is 280 g/mol. The number of thiazole rings is 1. The third-order valence-corrected chi connectivity index (χ3v) is 3.45. The van der Waals surface area contributed by atoms with Gasteiger partial charge in [-0.3, -0.25) is 9.63 Å². The predicted octanol–water partition coefficient (Wildman–Crippen LogP) is 2.12. The topological polar surface area (TPSA) is 69.7 Å². The molecule has 6 nitrogen and oxygen atoms in total. The molecule has 0 fully saturated rings. The van der Waals surface area contributed by atoms with Crippen LogP contribution in [0.1, 0.15) is 10.5 Å². The highest BCUT2D eigenvalue weighted by atomic mass is 32.1. The molecule has 0 aliphatic heterocycles. The molecule has 7 heteroatoms. The number of nitrogens with one attached hydrogen (secondary N) is 1. The fourth-order valence-corrected chi connectivity index (χ4v) is 2.42. The molecule has 0 unspecified atom stereocenters. The average molecular weight is 294 g/mol. The van der Waals surface area contributed by atoms with Gasteiger partial charge in [-0.25, -0.2) is 10.5 Å². The van der Waals surface area contributed by atoms with Crippen molar-refractivity contribution in [1.29, 1.82) is 0 Å². The monoisotopic (exact) mass is 294 g/mol. The lowest BCUT2D eigenvalue weighted by Gasteiger charge is -2.08. The van der Waals surface area contributed by atoms with E-state index >= 15 is 0 Å². The molecule has 0 bridgehead atoms. The summed E-state index contributed by atoms with van der Waals surface area (Å²) in [6, 6.07) is 5.47. The molecule has 0 aliphatic carbocycles. The summed E-state index contributed by atoms with van der Waals surface area (Å²) in [6.07, 6.45) is 0. The quantitative estimate of drug-likeness (QED) is 0.855. The zero-order valence-corrected chi connectivity index (χ0v) is 12.1. The van der Waals surface area contributed by atoms with E-state index in [0.29, 0.717) is 22.2 Å². The van der Waals surface area contributed by atoms with Crippen LogP contribution in [0.4, 0.5) is 0 Å². The Balaban J connectivity index is 2.30. The van der Waals surface area contributed by atoms with Crippen molar-refractivity contribution in [1.82, 2.24) is 10.5 Å². The number of benzene rings is 1. The minimum atomic E-state index is -0.379. The van der Waals surface area contributed by atoms with Gasteiger partial charge < -0.3 is 9.47 Å². The molecule has 0 atom stereocenters. The van der Waals surface area contributed by atoms with Gasteiger partial charge in [0.25, 0.3) is 5.91 Å². The molecule has 2 rings (SSSR count). The van der Waals surface area contributed by atoms with Gasteiger partial charge in [-0.1, -0.05) is 0 Å². The Morgan fingerprint density at radius 1 is 1.20 bits per heavy atom. The van der Waals surface area contributed by atoms with Gasteiger partial charge in [0, 0.05) is 10.9 Å². The van der Waals surface area contributed by atoms with Crippen LogP contribution in [-0.4, -0.2) is 32.2 Å². The number of carbonyl (C=O) groups is 1. The number of hydrogen-bond donors (Lipinski definition) is 1. The van der Waals surface area contributed by atoms with E-state index in [4.69, 9.17) is 9.47 Å². The number of aromatic nitrogens is 1. The summed E-state index contributed by atoms with van der Waals surface area (Å²) in [5, 5.41) is 2.38. The van der Waals surface area contributed by atoms with Gasteiger partial charge in [-0.2, -0.15) is 0 Å². The zero-order valence-electron chi connectivity index (χ0n) is 11.3. The second-order valence-corrected chi connectivity index (χ2v) is 4.60. The van der Waals surface area contributed by atoms with E-state index in [1.807, 2.05) is 12.1 Å². The van der Waals surface area contributed by atoms with Crippen molar-refractivity contribution in [3.8, 4) is 22.1 Å². The van der Waals surface area contributed by atoms with Crippen LogP contribution >= 0.6 is 11.3 Å². The lowest BCUT2D eigenvalue weighted by Crippen LogP contribution is -2.21. The molecule has 1 aromatic heterocycles. The van der Waals surface area contributed by atoms with Crippen LogP contribution in [-0.2, 0) is 4.84 Å². The van der Waals surface area contributed by atoms with Crippen molar-refractivity contribution in [2.75, 3.05) is 21.3 Å². The first-order valence-corrected chi connectivity index (χ1v) is 6.58. The summed E-state index contributed by atoms with van der Waals surface area (Å²) in [4.78, 5) is 20.4. The third-order valence-electron chi connectivity index (χ3n) is 2.56. The normalized spacial score (nSPS) is 10.2. The second-order valence-electron chi connectivity index (χ2n) is 3.74. The number of nitrogens with zero attached hydrogens (tertiary/aromatic N) is 1. The molecular formula is C13H14N2O4S. The average Bonchev–Trinajstić information content (AvgIpc) is 2.96. The molecule has 0 aliphatic rings. The highest BCUT2D eigenvalue weighted by molar-refractivity contribution is 7.13. The molecule has 0 saturated carbocycles. The molecule has 20 heavy (non-hydrogen) atoms. The number of methoxy groups -OCH3 is 2. The van der Waals surface area contributed by atoms with Crippen molar-refractivity contribution < 1.29 is 19.1 Å². The standard InChI is InChI=1S/C13H14N2O4S/c1-17-10-5-4-8(6-11(10)18-2)13-14-9(7-20-13)12(16)15-19-3/h4-7H,1-3H3,(H,15,16). The molecule has 1 N–H and O–H groups in total. The summed E-state index contributed by atoms with van der Waals surface area (Å²) in [5.74, 6) is 0.878. The number of carbonyl (C=O) groups excluding carboxylic acids is 1.